The van der Waals surface area contributed by atoms with Crippen molar-refractivity contribution >= 4 is 17.4 Å². The SMILES string of the molecule is CCc1nnsc1C(=O)N[C@H](C)c1ccc(C#N)cc1. The molecule has 0 saturated heterocycles. The molecule has 1 heterocycles. The normalized spacial score (nSPS) is 11.7. The molecule has 20 heavy (non-hydrogen) atoms. The molecule has 0 aliphatic rings. The number of hydrogen-bond acceptors (Lipinski definition) is 5. The number of amides is 1. The summed E-state index contributed by atoms with van der Waals surface area (Å²) in [5.74, 6) is -0.159. The summed E-state index contributed by atoms with van der Waals surface area (Å²) in [6, 6.07) is 9.10. The molecule has 6 heteroatoms. The Kier molecular flexibility index (Phi) is 4.43. The Morgan fingerprint density at radius 1 is 1.45 bits per heavy atom. The van der Waals surface area contributed by atoms with Crippen molar-refractivity contribution in [2.45, 2.75) is 26.3 Å². The van der Waals surface area contributed by atoms with Gasteiger partial charge in [0.25, 0.3) is 5.91 Å². The summed E-state index contributed by atoms with van der Waals surface area (Å²) < 4.78 is 3.81. The second kappa shape index (κ2) is 6.26. The molecule has 0 fully saturated rings. The monoisotopic (exact) mass is 286 g/mol. The van der Waals surface area contributed by atoms with Gasteiger partial charge in [0, 0.05) is 0 Å². The molecule has 5 nitrogen and oxygen atoms in total. The van der Waals surface area contributed by atoms with Gasteiger partial charge in [-0.25, -0.2) is 0 Å². The van der Waals surface area contributed by atoms with Crippen molar-refractivity contribution < 1.29 is 4.79 Å². The topological polar surface area (TPSA) is 78.7 Å². The predicted octanol–water partition coefficient (Wildman–Crippen LogP) is 2.46. The third-order valence-corrected chi connectivity index (χ3v) is 3.75. The average Bonchev–Trinajstić information content (AvgIpc) is 2.95. The maximum atomic E-state index is 12.2. The van der Waals surface area contributed by atoms with Gasteiger partial charge in [0.1, 0.15) is 4.88 Å². The second-order valence-electron chi connectivity index (χ2n) is 4.33. The van der Waals surface area contributed by atoms with Crippen molar-refractivity contribution in [2.75, 3.05) is 0 Å². The first-order chi connectivity index (χ1) is 9.65. The van der Waals surface area contributed by atoms with Crippen molar-refractivity contribution in [3.05, 3.63) is 46.0 Å². The molecule has 2 aromatic rings. The van der Waals surface area contributed by atoms with Crippen LogP contribution in [0.1, 0.15) is 46.4 Å². The minimum Gasteiger partial charge on any atom is -0.345 e. The number of nitrogens with zero attached hydrogens (tertiary/aromatic N) is 3. The fraction of sp³-hybridized carbons (Fsp3) is 0.286. The first kappa shape index (κ1) is 14.2. The van der Waals surface area contributed by atoms with E-state index in [1.165, 1.54) is 0 Å². The molecule has 0 spiro atoms. The van der Waals surface area contributed by atoms with Gasteiger partial charge >= 0.3 is 0 Å². The smallest absolute Gasteiger partial charge is 0.265 e. The molecule has 0 radical (unpaired) electrons. The van der Waals surface area contributed by atoms with Gasteiger partial charge in [-0.15, -0.1) is 5.10 Å². The van der Waals surface area contributed by atoms with Gasteiger partial charge in [0.05, 0.1) is 23.4 Å². The minimum absolute atomic E-state index is 0.137. The lowest BCUT2D eigenvalue weighted by Gasteiger charge is -2.13. The van der Waals surface area contributed by atoms with Gasteiger partial charge in [-0.05, 0) is 42.6 Å². The van der Waals surface area contributed by atoms with Crippen molar-refractivity contribution in [2.24, 2.45) is 0 Å². The Morgan fingerprint density at radius 3 is 2.75 bits per heavy atom. The second-order valence-corrected chi connectivity index (χ2v) is 5.09. The molecule has 0 unspecified atom stereocenters. The molecule has 102 valence electrons. The van der Waals surface area contributed by atoms with Crippen LogP contribution in [0.15, 0.2) is 24.3 Å². The van der Waals surface area contributed by atoms with Crippen LogP contribution in [0.5, 0.6) is 0 Å². The molecule has 1 amide bonds. The third kappa shape index (κ3) is 3.00. The zero-order chi connectivity index (χ0) is 14.5. The Labute approximate surface area is 121 Å². The molecule has 1 aromatic heterocycles. The van der Waals surface area contributed by atoms with Gasteiger partial charge in [0.2, 0.25) is 0 Å². The van der Waals surface area contributed by atoms with E-state index in [-0.39, 0.29) is 11.9 Å². The van der Waals surface area contributed by atoms with E-state index in [0.29, 0.717) is 16.9 Å². The van der Waals surface area contributed by atoms with Gasteiger partial charge in [-0.2, -0.15) is 5.26 Å². The van der Waals surface area contributed by atoms with Gasteiger partial charge in [-0.1, -0.05) is 23.5 Å². The molecule has 1 aromatic carbocycles. The van der Waals surface area contributed by atoms with Crippen molar-refractivity contribution in [1.82, 2.24) is 14.9 Å². The number of nitriles is 1. The molecule has 0 aliphatic heterocycles. The number of carbonyl (C=O) groups excluding carboxylic acids is 1. The molecule has 2 rings (SSSR count). The Bertz CT molecular complexity index is 642. The summed E-state index contributed by atoms with van der Waals surface area (Å²) in [6.07, 6.45) is 0.685. The molecule has 1 atom stereocenters. The quantitative estimate of drug-likeness (QED) is 0.936. The van der Waals surface area contributed by atoms with Crippen LogP contribution in [0.2, 0.25) is 0 Å². The number of carbonyl (C=O) groups is 1. The van der Waals surface area contributed by atoms with Crippen molar-refractivity contribution in [3.63, 3.8) is 0 Å². The van der Waals surface area contributed by atoms with Crippen LogP contribution in [0.25, 0.3) is 0 Å². The van der Waals surface area contributed by atoms with Crippen LogP contribution in [0.3, 0.4) is 0 Å². The Balaban J connectivity index is 2.09. The van der Waals surface area contributed by atoms with E-state index in [9.17, 15) is 4.79 Å². The Hall–Kier alpha value is -2.26. The van der Waals surface area contributed by atoms with Crippen LogP contribution < -0.4 is 5.32 Å². The van der Waals surface area contributed by atoms with E-state index in [2.05, 4.69) is 21.0 Å². The summed E-state index contributed by atoms with van der Waals surface area (Å²) >= 11 is 1.11. The first-order valence-electron chi connectivity index (χ1n) is 6.27. The largest absolute Gasteiger partial charge is 0.345 e. The van der Waals surface area contributed by atoms with Crippen molar-refractivity contribution in [3.8, 4) is 6.07 Å². The maximum Gasteiger partial charge on any atom is 0.265 e. The summed E-state index contributed by atoms with van der Waals surface area (Å²) in [5, 5.41) is 15.6. The fourth-order valence-electron chi connectivity index (χ4n) is 1.80. The molecule has 0 aliphatic carbocycles. The molecular formula is C14H14N4OS. The fourth-order valence-corrected chi connectivity index (χ4v) is 2.46. The van der Waals surface area contributed by atoms with E-state index >= 15 is 0 Å². The molecule has 0 bridgehead atoms. The van der Waals surface area contributed by atoms with Crippen LogP contribution in [0, 0.1) is 11.3 Å². The Morgan fingerprint density at radius 2 is 2.15 bits per heavy atom. The van der Waals surface area contributed by atoms with Crippen molar-refractivity contribution in [1.29, 1.82) is 5.26 Å². The van der Waals surface area contributed by atoms with Gasteiger partial charge in [-0.3, -0.25) is 4.79 Å². The zero-order valence-electron chi connectivity index (χ0n) is 11.3. The average molecular weight is 286 g/mol. The van der Waals surface area contributed by atoms with E-state index in [4.69, 9.17) is 5.26 Å². The summed E-state index contributed by atoms with van der Waals surface area (Å²) in [6.45, 7) is 3.84. The first-order valence-corrected chi connectivity index (χ1v) is 7.05. The number of nitrogens with one attached hydrogen (secondary N) is 1. The highest BCUT2D eigenvalue weighted by Crippen LogP contribution is 2.16. The number of aryl methyl sites for hydroxylation is 1. The van der Waals surface area contributed by atoms with Gasteiger partial charge < -0.3 is 5.32 Å². The zero-order valence-corrected chi connectivity index (χ0v) is 12.1. The van der Waals surface area contributed by atoms with E-state index in [0.717, 1.165) is 22.8 Å². The van der Waals surface area contributed by atoms with Crippen LogP contribution >= 0.6 is 11.5 Å². The predicted molar refractivity (Wildman–Crippen MR) is 76.3 cm³/mol. The van der Waals surface area contributed by atoms with Crippen LogP contribution in [0.4, 0.5) is 0 Å². The number of rotatable bonds is 4. The van der Waals surface area contributed by atoms with Gasteiger partial charge in [0.15, 0.2) is 0 Å². The van der Waals surface area contributed by atoms with E-state index in [1.54, 1.807) is 12.1 Å². The van der Waals surface area contributed by atoms with Crippen LogP contribution in [-0.2, 0) is 6.42 Å². The minimum atomic E-state index is -0.159. The third-order valence-electron chi connectivity index (χ3n) is 2.98. The summed E-state index contributed by atoms with van der Waals surface area (Å²) in [7, 11) is 0. The summed E-state index contributed by atoms with van der Waals surface area (Å²) in [5.41, 5.74) is 2.28. The van der Waals surface area contributed by atoms with Crippen LogP contribution in [-0.4, -0.2) is 15.5 Å². The molecule has 1 N–H and O–H groups in total. The lowest BCUT2D eigenvalue weighted by Crippen LogP contribution is -2.26. The summed E-state index contributed by atoms with van der Waals surface area (Å²) in [4.78, 5) is 12.7. The molecule has 0 saturated carbocycles. The number of hydrogen-bond donors (Lipinski definition) is 1. The number of benzene rings is 1. The molecular weight excluding hydrogens is 272 g/mol. The lowest BCUT2D eigenvalue weighted by atomic mass is 10.1. The van der Waals surface area contributed by atoms with E-state index in [1.807, 2.05) is 26.0 Å². The standard InChI is InChI=1S/C14H14N4OS/c1-3-12-13(20-18-17-12)14(19)16-9(2)11-6-4-10(8-15)5-7-11/h4-7,9H,3H2,1-2H3,(H,16,19)/t9-/m1/s1. The lowest BCUT2D eigenvalue weighted by molar-refractivity contribution is 0.0943. The van der Waals surface area contributed by atoms with E-state index < -0.39 is 0 Å². The number of aromatic nitrogens is 2. The highest BCUT2D eigenvalue weighted by atomic mass is 32.1. The maximum absolute atomic E-state index is 12.2. The highest BCUT2D eigenvalue weighted by Gasteiger charge is 2.17. The highest BCUT2D eigenvalue weighted by molar-refractivity contribution is 7.08.